The number of methoxy groups -OCH3 is 1. The van der Waals surface area contributed by atoms with Crippen molar-refractivity contribution in [2.45, 2.75) is 11.7 Å². The van der Waals surface area contributed by atoms with Gasteiger partial charge in [-0.25, -0.2) is 4.21 Å². The van der Waals surface area contributed by atoms with Crippen molar-refractivity contribution >= 4 is 26.5 Å². The first-order valence-corrected chi connectivity index (χ1v) is 9.33. The fourth-order valence-electron chi connectivity index (χ4n) is 2.67. The summed E-state index contributed by atoms with van der Waals surface area (Å²) < 4.78 is 24.4. The Morgan fingerprint density at radius 1 is 1.43 bits per heavy atom. The Labute approximate surface area is 135 Å². The maximum Gasteiger partial charge on any atom is 0.227 e. The van der Waals surface area contributed by atoms with E-state index < -0.39 is 9.73 Å². The van der Waals surface area contributed by atoms with Crippen LogP contribution in [-0.2, 0) is 20.9 Å². The van der Waals surface area contributed by atoms with Crippen LogP contribution in [0.5, 0.6) is 5.75 Å². The average Bonchev–Trinajstić information content (AvgIpc) is 2.43. The number of ether oxygens (including phenoxy) is 1. The first-order valence-electron chi connectivity index (χ1n) is 7.30. The van der Waals surface area contributed by atoms with Gasteiger partial charge in [0.25, 0.3) is 0 Å². The summed E-state index contributed by atoms with van der Waals surface area (Å²) in [6.45, 7) is 0.822. The van der Waals surface area contributed by atoms with Crippen molar-refractivity contribution in [2.75, 3.05) is 26.5 Å². The second kappa shape index (κ2) is 5.81. The fourth-order valence-corrected chi connectivity index (χ4v) is 3.60. The van der Waals surface area contributed by atoms with E-state index in [2.05, 4.69) is 4.98 Å². The first kappa shape index (κ1) is 15.7. The molecule has 6 nitrogen and oxygen atoms in total. The van der Waals surface area contributed by atoms with Crippen molar-refractivity contribution < 1.29 is 13.7 Å². The molecule has 1 unspecified atom stereocenters. The second-order valence-electron chi connectivity index (χ2n) is 5.85. The Hall–Kier alpha value is -2.15. The van der Waals surface area contributed by atoms with Gasteiger partial charge in [0, 0.05) is 46.7 Å². The molecule has 1 N–H and O–H groups in total. The number of hydrogen-bond donors (Lipinski definition) is 1. The standard InChI is InChI=1S/C16H19N3O3S/c1-22-12-3-4-14-11(5-6-18-15(14)8-12)7-16(20)19-9-13(10-19)23(2,17)21/h3-6,8,13,17H,7,9-10H2,1-2H3. The minimum absolute atomic E-state index is 0.00628. The molecule has 0 saturated carbocycles. The lowest BCUT2D eigenvalue weighted by Crippen LogP contribution is -2.56. The molecule has 122 valence electrons. The van der Waals surface area contributed by atoms with Crippen molar-refractivity contribution in [1.82, 2.24) is 9.88 Å². The molecule has 2 aromatic rings. The van der Waals surface area contributed by atoms with Crippen LogP contribution in [-0.4, -0.2) is 51.7 Å². The molecule has 1 aromatic heterocycles. The maximum atomic E-state index is 12.4. The lowest BCUT2D eigenvalue weighted by molar-refractivity contribution is -0.133. The molecule has 23 heavy (non-hydrogen) atoms. The summed E-state index contributed by atoms with van der Waals surface area (Å²) >= 11 is 0. The van der Waals surface area contributed by atoms with E-state index in [1.54, 1.807) is 18.2 Å². The summed E-state index contributed by atoms with van der Waals surface area (Å²) in [7, 11) is -0.961. The monoisotopic (exact) mass is 333 g/mol. The number of carbonyl (C=O) groups is 1. The third kappa shape index (κ3) is 3.14. The van der Waals surface area contributed by atoms with Gasteiger partial charge in [-0.2, -0.15) is 0 Å². The van der Waals surface area contributed by atoms with Gasteiger partial charge >= 0.3 is 0 Å². The van der Waals surface area contributed by atoms with Gasteiger partial charge in [-0.1, -0.05) is 0 Å². The lowest BCUT2D eigenvalue weighted by Gasteiger charge is -2.39. The number of pyridine rings is 1. The SMILES string of the molecule is COc1ccc2c(CC(=O)N3CC(S(C)(=N)=O)C3)ccnc2c1. The molecule has 1 aliphatic rings. The van der Waals surface area contributed by atoms with Crippen molar-refractivity contribution in [3.8, 4) is 5.75 Å². The van der Waals surface area contributed by atoms with E-state index in [1.807, 2.05) is 24.3 Å². The van der Waals surface area contributed by atoms with Crippen molar-refractivity contribution in [3.63, 3.8) is 0 Å². The normalized spacial score (nSPS) is 17.6. The topological polar surface area (TPSA) is 83.4 Å². The van der Waals surface area contributed by atoms with Gasteiger partial charge in [0.05, 0.1) is 24.3 Å². The van der Waals surface area contributed by atoms with Crippen LogP contribution in [0, 0.1) is 4.78 Å². The van der Waals surface area contributed by atoms with Gasteiger partial charge in [-0.15, -0.1) is 0 Å². The van der Waals surface area contributed by atoms with Gasteiger partial charge in [0.15, 0.2) is 0 Å². The summed E-state index contributed by atoms with van der Waals surface area (Å²) in [5, 5.41) is 0.725. The number of nitrogens with one attached hydrogen (secondary N) is 1. The molecule has 0 spiro atoms. The molecule has 3 rings (SSSR count). The number of amides is 1. The quantitative estimate of drug-likeness (QED) is 0.922. The van der Waals surface area contributed by atoms with Gasteiger partial charge in [-0.3, -0.25) is 14.6 Å². The number of fused-ring (bicyclic) bond motifs is 1. The summed E-state index contributed by atoms with van der Waals surface area (Å²) in [5.74, 6) is 0.723. The Bertz CT molecular complexity index is 858. The molecule has 1 amide bonds. The summed E-state index contributed by atoms with van der Waals surface area (Å²) in [6, 6.07) is 7.45. The molecule has 1 saturated heterocycles. The lowest BCUT2D eigenvalue weighted by atomic mass is 10.0. The van der Waals surface area contributed by atoms with Crippen LogP contribution in [0.15, 0.2) is 30.5 Å². The third-order valence-corrected chi connectivity index (χ3v) is 5.79. The van der Waals surface area contributed by atoms with Gasteiger partial charge in [0.2, 0.25) is 5.91 Å². The molecular formula is C16H19N3O3S. The summed E-state index contributed by atoms with van der Waals surface area (Å²) in [4.78, 5) is 18.3. The number of carbonyl (C=O) groups excluding carboxylic acids is 1. The predicted molar refractivity (Wildman–Crippen MR) is 89.2 cm³/mol. The average molecular weight is 333 g/mol. The first-order chi connectivity index (χ1) is 10.9. The van der Waals surface area contributed by atoms with E-state index >= 15 is 0 Å². The molecule has 1 atom stereocenters. The van der Waals surface area contributed by atoms with Gasteiger partial charge in [-0.05, 0) is 23.8 Å². The molecule has 0 aliphatic carbocycles. The van der Waals surface area contributed by atoms with E-state index in [1.165, 1.54) is 6.26 Å². The Balaban J connectivity index is 1.76. The highest BCUT2D eigenvalue weighted by molar-refractivity contribution is 7.92. The Morgan fingerprint density at radius 3 is 2.83 bits per heavy atom. The largest absolute Gasteiger partial charge is 0.497 e. The highest BCUT2D eigenvalue weighted by atomic mass is 32.2. The van der Waals surface area contributed by atoms with E-state index in [0.717, 1.165) is 22.2 Å². The van der Waals surface area contributed by atoms with E-state index in [-0.39, 0.29) is 17.6 Å². The number of benzene rings is 1. The smallest absolute Gasteiger partial charge is 0.227 e. The van der Waals surface area contributed by atoms with Crippen LogP contribution in [0.1, 0.15) is 5.56 Å². The molecule has 7 heteroatoms. The minimum atomic E-state index is -2.57. The predicted octanol–water partition coefficient (Wildman–Crippen LogP) is 1.67. The maximum absolute atomic E-state index is 12.4. The highest BCUT2D eigenvalue weighted by Crippen LogP contribution is 2.24. The van der Waals surface area contributed by atoms with Crippen LogP contribution in [0.25, 0.3) is 10.9 Å². The molecule has 1 aliphatic heterocycles. The molecule has 0 bridgehead atoms. The number of rotatable bonds is 4. The van der Waals surface area contributed by atoms with Crippen LogP contribution in [0.4, 0.5) is 0 Å². The molecular weight excluding hydrogens is 314 g/mol. The van der Waals surface area contributed by atoms with Crippen LogP contribution >= 0.6 is 0 Å². The van der Waals surface area contributed by atoms with Crippen LogP contribution in [0.2, 0.25) is 0 Å². The van der Waals surface area contributed by atoms with Crippen LogP contribution in [0.3, 0.4) is 0 Å². The number of hydrogen-bond acceptors (Lipinski definition) is 5. The van der Waals surface area contributed by atoms with Crippen LogP contribution < -0.4 is 4.74 Å². The Kier molecular flexibility index (Phi) is 3.97. The zero-order valence-corrected chi connectivity index (χ0v) is 13.9. The zero-order valence-electron chi connectivity index (χ0n) is 13.1. The second-order valence-corrected chi connectivity index (χ2v) is 8.33. The Morgan fingerprint density at radius 2 is 2.17 bits per heavy atom. The molecule has 2 heterocycles. The van der Waals surface area contributed by atoms with Crippen molar-refractivity contribution in [2.24, 2.45) is 0 Å². The number of nitrogens with zero attached hydrogens (tertiary/aromatic N) is 2. The third-order valence-electron chi connectivity index (χ3n) is 4.22. The molecule has 1 fully saturated rings. The highest BCUT2D eigenvalue weighted by Gasteiger charge is 2.35. The summed E-state index contributed by atoms with van der Waals surface area (Å²) in [6.07, 6.45) is 3.40. The van der Waals surface area contributed by atoms with E-state index in [4.69, 9.17) is 9.52 Å². The van der Waals surface area contributed by atoms with Crippen molar-refractivity contribution in [1.29, 1.82) is 4.78 Å². The minimum Gasteiger partial charge on any atom is -0.497 e. The van der Waals surface area contributed by atoms with Gasteiger partial charge in [0.1, 0.15) is 5.75 Å². The number of likely N-dealkylation sites (tertiary alicyclic amines) is 1. The molecule has 1 aromatic carbocycles. The number of aromatic nitrogens is 1. The summed E-state index contributed by atoms with van der Waals surface area (Å²) in [5.41, 5.74) is 1.70. The van der Waals surface area contributed by atoms with Crippen molar-refractivity contribution in [3.05, 3.63) is 36.0 Å². The fraction of sp³-hybridized carbons (Fsp3) is 0.375. The van der Waals surface area contributed by atoms with E-state index in [0.29, 0.717) is 13.1 Å². The zero-order chi connectivity index (χ0) is 16.6. The van der Waals surface area contributed by atoms with Gasteiger partial charge < -0.3 is 9.64 Å². The van der Waals surface area contributed by atoms with E-state index in [9.17, 15) is 9.00 Å². The molecule has 0 radical (unpaired) electrons.